The summed E-state index contributed by atoms with van der Waals surface area (Å²) in [5.74, 6) is 1.39. The van der Waals surface area contributed by atoms with E-state index in [9.17, 15) is 9.59 Å². The lowest BCUT2D eigenvalue weighted by Gasteiger charge is -2.35. The molecule has 1 aliphatic carbocycles. The summed E-state index contributed by atoms with van der Waals surface area (Å²) in [6.45, 7) is 1.85. The lowest BCUT2D eigenvalue weighted by Crippen LogP contribution is -2.48. The van der Waals surface area contributed by atoms with E-state index in [2.05, 4.69) is 20.6 Å². The van der Waals surface area contributed by atoms with Crippen LogP contribution in [0.2, 0.25) is 0 Å². The summed E-state index contributed by atoms with van der Waals surface area (Å²) in [6.07, 6.45) is 5.99. The zero-order valence-electron chi connectivity index (χ0n) is 18.3. The number of rotatable bonds is 4. The van der Waals surface area contributed by atoms with Crippen molar-refractivity contribution in [2.75, 3.05) is 19.5 Å². The Hall–Kier alpha value is -3.62. The van der Waals surface area contributed by atoms with E-state index < -0.39 is 5.66 Å². The molecular formula is C23H25N5O4. The number of carbonyl (C=O) groups is 1. The van der Waals surface area contributed by atoms with Crippen LogP contribution in [-0.2, 0) is 5.66 Å². The van der Waals surface area contributed by atoms with E-state index in [1.807, 2.05) is 6.92 Å². The van der Waals surface area contributed by atoms with Gasteiger partial charge in [0, 0.05) is 11.5 Å². The molecule has 1 aromatic carbocycles. The number of ether oxygens (including phenoxy) is 2. The molecule has 0 radical (unpaired) electrons. The zero-order chi connectivity index (χ0) is 22.5. The first-order valence-corrected chi connectivity index (χ1v) is 10.7. The molecule has 0 bridgehead atoms. The van der Waals surface area contributed by atoms with E-state index >= 15 is 0 Å². The van der Waals surface area contributed by atoms with Gasteiger partial charge in [0.2, 0.25) is 0 Å². The molecule has 1 spiro atoms. The average molecular weight is 435 g/mol. The molecule has 1 saturated carbocycles. The van der Waals surface area contributed by atoms with Crippen molar-refractivity contribution in [3.8, 4) is 11.5 Å². The standard InChI is InChI=1S/C23H25N5O4/c1-13-9-16(22(30)28-19(13)21(29)27-23(28)7-5-4-6-8-23)26-20-14-10-17(31-2)18(32-3)11-15(14)24-12-25-20/h9-12H,4-8H2,1-3H3,(H,27,29)(H,24,25,26). The fraction of sp³-hybridized carbons (Fsp3) is 0.391. The van der Waals surface area contributed by atoms with Crippen LogP contribution in [-0.4, -0.2) is 34.7 Å². The van der Waals surface area contributed by atoms with Crippen LogP contribution in [0.1, 0.15) is 48.2 Å². The van der Waals surface area contributed by atoms with Crippen molar-refractivity contribution >= 4 is 28.3 Å². The minimum Gasteiger partial charge on any atom is -0.493 e. The SMILES string of the molecule is COc1cc2ncnc(Nc3cc(C)c4n(c3=O)C3(CCCCC3)NC4=O)c2cc1OC. The van der Waals surface area contributed by atoms with E-state index in [0.29, 0.717) is 39.6 Å². The molecule has 5 rings (SSSR count). The summed E-state index contributed by atoms with van der Waals surface area (Å²) < 4.78 is 12.4. The largest absolute Gasteiger partial charge is 0.493 e. The number of nitrogens with one attached hydrogen (secondary N) is 2. The molecule has 3 aromatic rings. The van der Waals surface area contributed by atoms with Gasteiger partial charge in [-0.05, 0) is 50.3 Å². The van der Waals surface area contributed by atoms with Crippen molar-refractivity contribution in [1.29, 1.82) is 0 Å². The molecule has 0 saturated heterocycles. The third-order valence-electron chi connectivity index (χ3n) is 6.46. The molecule has 2 aliphatic rings. The second kappa shape index (κ2) is 7.51. The molecule has 3 heterocycles. The molecule has 0 unspecified atom stereocenters. The Balaban J connectivity index is 1.64. The van der Waals surface area contributed by atoms with Gasteiger partial charge in [0.25, 0.3) is 11.5 Å². The first-order chi connectivity index (χ1) is 15.5. The lowest BCUT2D eigenvalue weighted by atomic mass is 9.89. The van der Waals surface area contributed by atoms with Crippen molar-refractivity contribution in [3.05, 3.63) is 46.1 Å². The summed E-state index contributed by atoms with van der Waals surface area (Å²) in [6, 6.07) is 5.26. The Morgan fingerprint density at radius 1 is 1.03 bits per heavy atom. The highest BCUT2D eigenvalue weighted by atomic mass is 16.5. The number of hydrogen-bond donors (Lipinski definition) is 2. The predicted octanol–water partition coefficient (Wildman–Crippen LogP) is 3.22. The van der Waals surface area contributed by atoms with E-state index in [4.69, 9.17) is 9.47 Å². The second-order valence-corrected chi connectivity index (χ2v) is 8.35. The Kier molecular flexibility index (Phi) is 4.76. The normalized spacial score (nSPS) is 16.7. The number of nitrogens with zero attached hydrogens (tertiary/aromatic N) is 3. The number of hydrogen-bond acceptors (Lipinski definition) is 7. The van der Waals surface area contributed by atoms with Gasteiger partial charge in [-0.1, -0.05) is 6.42 Å². The topological polar surface area (TPSA) is 107 Å². The monoisotopic (exact) mass is 435 g/mol. The third-order valence-corrected chi connectivity index (χ3v) is 6.46. The lowest BCUT2D eigenvalue weighted by molar-refractivity contribution is 0.0876. The van der Waals surface area contributed by atoms with Gasteiger partial charge in [-0.15, -0.1) is 0 Å². The molecule has 1 amide bonds. The number of amides is 1. The molecule has 2 N–H and O–H groups in total. The van der Waals surface area contributed by atoms with Gasteiger partial charge in [0.15, 0.2) is 11.5 Å². The van der Waals surface area contributed by atoms with E-state index in [1.54, 1.807) is 37.0 Å². The molecule has 1 fully saturated rings. The molecule has 9 nitrogen and oxygen atoms in total. The maximum absolute atomic E-state index is 13.6. The van der Waals surface area contributed by atoms with Crippen LogP contribution in [0.4, 0.5) is 11.5 Å². The summed E-state index contributed by atoms with van der Waals surface area (Å²) in [5, 5.41) is 6.99. The van der Waals surface area contributed by atoms with Gasteiger partial charge < -0.3 is 20.1 Å². The van der Waals surface area contributed by atoms with Crippen molar-refractivity contribution in [1.82, 2.24) is 19.9 Å². The highest BCUT2D eigenvalue weighted by Crippen LogP contribution is 2.38. The maximum atomic E-state index is 13.6. The van der Waals surface area contributed by atoms with Gasteiger partial charge in [-0.3, -0.25) is 14.2 Å². The number of carbonyl (C=O) groups excluding carboxylic acids is 1. The van der Waals surface area contributed by atoms with Crippen LogP contribution in [0.3, 0.4) is 0 Å². The molecular weight excluding hydrogens is 410 g/mol. The van der Waals surface area contributed by atoms with Crippen molar-refractivity contribution in [2.24, 2.45) is 0 Å². The Bertz CT molecular complexity index is 1290. The number of pyridine rings is 1. The summed E-state index contributed by atoms with van der Waals surface area (Å²) in [7, 11) is 3.12. The highest BCUT2D eigenvalue weighted by molar-refractivity contribution is 5.97. The molecule has 2 aromatic heterocycles. The quantitative estimate of drug-likeness (QED) is 0.648. The first kappa shape index (κ1) is 20.3. The third kappa shape index (κ3) is 2.99. The minimum absolute atomic E-state index is 0.183. The number of aryl methyl sites for hydroxylation is 1. The van der Waals surface area contributed by atoms with Gasteiger partial charge in [0.1, 0.15) is 29.2 Å². The Morgan fingerprint density at radius 2 is 1.75 bits per heavy atom. The molecule has 32 heavy (non-hydrogen) atoms. The molecule has 9 heteroatoms. The van der Waals surface area contributed by atoms with Crippen molar-refractivity contribution < 1.29 is 14.3 Å². The van der Waals surface area contributed by atoms with Crippen LogP contribution >= 0.6 is 0 Å². The van der Waals surface area contributed by atoms with Crippen molar-refractivity contribution in [2.45, 2.75) is 44.7 Å². The van der Waals surface area contributed by atoms with Gasteiger partial charge in [-0.2, -0.15) is 0 Å². The summed E-state index contributed by atoms with van der Waals surface area (Å²) >= 11 is 0. The molecule has 1 aliphatic heterocycles. The maximum Gasteiger partial charge on any atom is 0.276 e. The fourth-order valence-electron chi connectivity index (χ4n) is 4.95. The summed E-state index contributed by atoms with van der Waals surface area (Å²) in [4.78, 5) is 35.1. The number of fused-ring (bicyclic) bond motifs is 3. The average Bonchev–Trinajstić information content (AvgIpc) is 3.08. The molecule has 0 atom stereocenters. The van der Waals surface area contributed by atoms with Crippen LogP contribution in [0.25, 0.3) is 10.9 Å². The number of anilines is 2. The highest BCUT2D eigenvalue weighted by Gasteiger charge is 2.45. The van der Waals surface area contributed by atoms with E-state index in [1.165, 1.54) is 6.33 Å². The predicted molar refractivity (Wildman–Crippen MR) is 120 cm³/mol. The molecule has 166 valence electrons. The number of benzene rings is 1. The smallest absolute Gasteiger partial charge is 0.276 e. The Labute approximate surface area is 184 Å². The van der Waals surface area contributed by atoms with Crippen LogP contribution in [0, 0.1) is 6.92 Å². The first-order valence-electron chi connectivity index (χ1n) is 10.7. The second-order valence-electron chi connectivity index (χ2n) is 8.35. The minimum atomic E-state index is -0.644. The number of aromatic nitrogens is 3. The van der Waals surface area contributed by atoms with Crippen LogP contribution < -0.4 is 25.7 Å². The summed E-state index contributed by atoms with van der Waals surface area (Å²) in [5.41, 5.74) is 1.32. The van der Waals surface area contributed by atoms with E-state index in [-0.39, 0.29) is 11.5 Å². The zero-order valence-corrected chi connectivity index (χ0v) is 18.3. The Morgan fingerprint density at radius 3 is 2.47 bits per heavy atom. The number of methoxy groups -OCH3 is 2. The fourth-order valence-corrected chi connectivity index (χ4v) is 4.95. The van der Waals surface area contributed by atoms with E-state index in [0.717, 1.165) is 37.7 Å². The van der Waals surface area contributed by atoms with Crippen LogP contribution in [0.5, 0.6) is 11.5 Å². The van der Waals surface area contributed by atoms with Gasteiger partial charge in [0.05, 0.1) is 19.7 Å². The van der Waals surface area contributed by atoms with Gasteiger partial charge >= 0.3 is 0 Å². The van der Waals surface area contributed by atoms with Gasteiger partial charge in [-0.25, -0.2) is 9.97 Å². The van der Waals surface area contributed by atoms with Crippen LogP contribution in [0.15, 0.2) is 29.3 Å². The van der Waals surface area contributed by atoms with Crippen molar-refractivity contribution in [3.63, 3.8) is 0 Å².